The van der Waals surface area contributed by atoms with Crippen LogP contribution >= 0.6 is 0 Å². The van der Waals surface area contributed by atoms with Crippen LogP contribution in [0.1, 0.15) is 37.5 Å². The number of nitrogens with zero attached hydrogens (tertiary/aromatic N) is 2. The van der Waals surface area contributed by atoms with E-state index in [1.807, 2.05) is 48.8 Å². The number of pyridine rings is 2. The fourth-order valence-electron chi connectivity index (χ4n) is 5.27. The van der Waals surface area contributed by atoms with Crippen LogP contribution in [0.3, 0.4) is 0 Å². The van der Waals surface area contributed by atoms with Crippen LogP contribution in [0.4, 0.5) is 0 Å². The van der Waals surface area contributed by atoms with Crippen molar-refractivity contribution in [1.82, 2.24) is 9.97 Å². The zero-order chi connectivity index (χ0) is 29.4. The van der Waals surface area contributed by atoms with Gasteiger partial charge in [-0.15, -0.1) is 53.2 Å². The van der Waals surface area contributed by atoms with E-state index in [9.17, 15) is 0 Å². The van der Waals surface area contributed by atoms with Gasteiger partial charge in [-0.1, -0.05) is 92.8 Å². The summed E-state index contributed by atoms with van der Waals surface area (Å²) in [4.78, 5) is 9.09. The van der Waals surface area contributed by atoms with Gasteiger partial charge in [0.2, 0.25) is 0 Å². The SMILES string of the molecule is Cc1cc(-c2[c-]cc([Si](C)(C)C)c3c2oc2ccccc23)ncc1C(C)(C)C.Cc1ccnc(-c2[c-]cccc2)c1.[Ir]. The van der Waals surface area contributed by atoms with Crippen molar-refractivity contribution in [3.8, 4) is 22.5 Å². The van der Waals surface area contributed by atoms with E-state index < -0.39 is 8.07 Å². The molecule has 0 fully saturated rings. The van der Waals surface area contributed by atoms with Gasteiger partial charge in [0.25, 0.3) is 0 Å². The maximum atomic E-state index is 6.36. The molecule has 0 saturated heterocycles. The third kappa shape index (κ3) is 6.65. The maximum Gasteiger partial charge on any atom is 0.120 e. The fraction of sp³-hybridized carbons (Fsp3) is 0.243. The number of benzene rings is 3. The van der Waals surface area contributed by atoms with E-state index in [2.05, 4.69) is 108 Å². The normalized spacial score (nSPS) is 11.6. The molecule has 42 heavy (non-hydrogen) atoms. The number of hydrogen-bond acceptors (Lipinski definition) is 3. The van der Waals surface area contributed by atoms with E-state index in [0.717, 1.165) is 33.7 Å². The molecule has 6 rings (SSSR count). The van der Waals surface area contributed by atoms with E-state index >= 15 is 0 Å². The van der Waals surface area contributed by atoms with Gasteiger partial charge >= 0.3 is 0 Å². The molecule has 3 aromatic carbocycles. The Balaban J connectivity index is 0.000000243. The minimum atomic E-state index is -1.56. The third-order valence-electron chi connectivity index (χ3n) is 7.34. The topological polar surface area (TPSA) is 38.9 Å². The first-order valence-electron chi connectivity index (χ1n) is 14.2. The monoisotopic (exact) mass is 747 g/mol. The summed E-state index contributed by atoms with van der Waals surface area (Å²) in [5, 5.41) is 3.82. The van der Waals surface area contributed by atoms with Crippen molar-refractivity contribution in [2.45, 2.75) is 59.7 Å². The Morgan fingerprint density at radius 1 is 0.833 bits per heavy atom. The van der Waals surface area contributed by atoms with E-state index in [0.29, 0.717) is 0 Å². The average Bonchev–Trinajstić information content (AvgIpc) is 3.32. The van der Waals surface area contributed by atoms with Crippen molar-refractivity contribution in [2.75, 3.05) is 0 Å². The molecule has 1 radical (unpaired) electrons. The molecule has 0 aliphatic rings. The van der Waals surface area contributed by atoms with Gasteiger partial charge in [-0.25, -0.2) is 0 Å². The van der Waals surface area contributed by atoms with E-state index in [4.69, 9.17) is 9.40 Å². The quantitative estimate of drug-likeness (QED) is 0.134. The number of hydrogen-bond donors (Lipinski definition) is 0. The molecule has 3 nitrogen and oxygen atoms in total. The van der Waals surface area contributed by atoms with Crippen molar-refractivity contribution in [3.05, 3.63) is 114 Å². The maximum absolute atomic E-state index is 6.36. The van der Waals surface area contributed by atoms with Gasteiger partial charge in [0.1, 0.15) is 5.58 Å². The Hall–Kier alpha value is -3.37. The summed E-state index contributed by atoms with van der Waals surface area (Å²) in [5.74, 6) is 0. The van der Waals surface area contributed by atoms with Gasteiger partial charge in [0.15, 0.2) is 0 Å². The summed E-state index contributed by atoms with van der Waals surface area (Å²) in [6.07, 6.45) is 3.84. The van der Waals surface area contributed by atoms with Gasteiger partial charge < -0.3 is 14.4 Å². The van der Waals surface area contributed by atoms with Crippen LogP contribution in [-0.4, -0.2) is 18.0 Å². The molecule has 217 valence electrons. The minimum Gasteiger partial charge on any atom is -0.501 e. The largest absolute Gasteiger partial charge is 0.501 e. The Morgan fingerprint density at radius 2 is 1.57 bits per heavy atom. The van der Waals surface area contributed by atoms with Crippen LogP contribution in [0.25, 0.3) is 44.5 Å². The van der Waals surface area contributed by atoms with Crippen molar-refractivity contribution in [1.29, 1.82) is 0 Å². The van der Waals surface area contributed by atoms with Crippen molar-refractivity contribution >= 4 is 35.2 Å². The number of fused-ring (bicyclic) bond motifs is 3. The number of furan rings is 1. The second-order valence-corrected chi connectivity index (χ2v) is 17.8. The first-order chi connectivity index (χ1) is 19.4. The fourth-order valence-corrected chi connectivity index (χ4v) is 6.77. The summed E-state index contributed by atoms with van der Waals surface area (Å²) >= 11 is 0. The molecule has 0 amide bonds. The van der Waals surface area contributed by atoms with Crippen molar-refractivity contribution in [2.24, 2.45) is 0 Å². The minimum absolute atomic E-state index is 0. The third-order valence-corrected chi connectivity index (χ3v) is 9.35. The van der Waals surface area contributed by atoms with E-state index in [1.54, 1.807) is 0 Å². The molecule has 0 saturated carbocycles. The zero-order valence-corrected chi connectivity index (χ0v) is 29.1. The Morgan fingerprint density at radius 3 is 2.21 bits per heavy atom. The zero-order valence-electron chi connectivity index (χ0n) is 25.7. The average molecular weight is 747 g/mol. The Bertz CT molecular complexity index is 1830. The predicted molar refractivity (Wildman–Crippen MR) is 175 cm³/mol. The number of para-hydroxylation sites is 1. The van der Waals surface area contributed by atoms with E-state index in [1.165, 1.54) is 32.6 Å². The van der Waals surface area contributed by atoms with Gasteiger partial charge in [-0.2, -0.15) is 0 Å². The van der Waals surface area contributed by atoms with Crippen molar-refractivity contribution < 1.29 is 24.5 Å². The summed E-state index contributed by atoms with van der Waals surface area (Å²) in [6.45, 7) is 18.0. The molecule has 0 atom stereocenters. The number of rotatable bonds is 3. The standard InChI is InChI=1S/C25H28NOSi.C12H10N.Ir/c1-16-14-20(26-15-19(16)25(2,3)4)17-12-13-22(28(5,6)7)23-18-10-8-9-11-21(18)27-24(17)23;1-10-7-8-13-12(9-10)11-5-3-2-4-6-11;/h8-11,13-15H,1-7H3;2-5,7-9H,1H3;/q2*-1;. The molecular formula is C37H38IrN2OSi-2. The van der Waals surface area contributed by atoms with Crippen LogP contribution in [-0.2, 0) is 25.5 Å². The summed E-state index contributed by atoms with van der Waals surface area (Å²) < 4.78 is 6.36. The molecule has 5 heteroatoms. The number of aryl methyl sites for hydroxylation is 2. The van der Waals surface area contributed by atoms with Crippen LogP contribution in [0.2, 0.25) is 19.6 Å². The molecule has 0 unspecified atom stereocenters. The molecule has 0 spiro atoms. The van der Waals surface area contributed by atoms with Gasteiger partial charge in [-0.05, 0) is 48.3 Å². The molecule has 0 aliphatic heterocycles. The van der Waals surface area contributed by atoms with Gasteiger partial charge in [-0.3, -0.25) is 0 Å². The Labute approximate surface area is 264 Å². The first-order valence-corrected chi connectivity index (χ1v) is 17.7. The van der Waals surface area contributed by atoms with Crippen LogP contribution in [0.15, 0.2) is 89.6 Å². The second kappa shape index (κ2) is 12.5. The molecule has 3 heterocycles. The van der Waals surface area contributed by atoms with E-state index in [-0.39, 0.29) is 25.5 Å². The molecule has 3 aromatic heterocycles. The van der Waals surface area contributed by atoms with Crippen LogP contribution in [0.5, 0.6) is 0 Å². The molecule has 6 aromatic rings. The summed E-state index contributed by atoms with van der Waals surface area (Å²) in [7, 11) is -1.56. The molecule has 0 N–H and O–H groups in total. The second-order valence-electron chi connectivity index (χ2n) is 12.8. The van der Waals surface area contributed by atoms with Crippen LogP contribution < -0.4 is 5.19 Å². The van der Waals surface area contributed by atoms with Gasteiger partial charge in [0, 0.05) is 46.0 Å². The molecular weight excluding hydrogens is 709 g/mol. The first kappa shape index (κ1) is 31.6. The smallest absolute Gasteiger partial charge is 0.120 e. The molecule has 0 aliphatic carbocycles. The van der Waals surface area contributed by atoms with Crippen LogP contribution in [0, 0.1) is 26.0 Å². The van der Waals surface area contributed by atoms with Crippen molar-refractivity contribution in [3.63, 3.8) is 0 Å². The number of aromatic nitrogens is 2. The summed E-state index contributed by atoms with van der Waals surface area (Å²) in [6, 6.07) is 31.3. The molecule has 0 bridgehead atoms. The predicted octanol–water partition coefficient (Wildman–Crippen LogP) is 9.45. The summed E-state index contributed by atoms with van der Waals surface area (Å²) in [5.41, 5.74) is 9.59. The van der Waals surface area contributed by atoms with Gasteiger partial charge in [0.05, 0.1) is 5.58 Å². The Kier molecular flexibility index (Phi) is 9.37.